The molecule has 3 rings (SSSR count). The van der Waals surface area contributed by atoms with Crippen LogP contribution in [0.1, 0.15) is 57.7 Å². The smallest absolute Gasteiger partial charge is 0.407 e. The van der Waals surface area contributed by atoms with Crippen LogP contribution in [0.2, 0.25) is 0 Å². The molecule has 8 nitrogen and oxygen atoms in total. The van der Waals surface area contributed by atoms with Crippen LogP contribution >= 0.6 is 0 Å². The van der Waals surface area contributed by atoms with Crippen LogP contribution in [0.4, 0.5) is 4.79 Å². The Bertz CT molecular complexity index is 1280. The standard InChI is InChI=1S/C35H44N2O6/c1-25(2)21-30(33(39)42-24-28-19-13-8-14-20-28)36-32(38)31(41-23-27-17-11-7-12-18-27)29(22-26-15-9-6-10-16-26)37-34(40)43-35(3,4)5/h6-20,25,29-31H,21-24H2,1-5H3,(H,36,38)(H,37,40)/t29-,30+,31+/m1/s1. The van der Waals surface area contributed by atoms with Crippen molar-refractivity contribution in [1.82, 2.24) is 10.6 Å². The minimum Gasteiger partial charge on any atom is -0.459 e. The summed E-state index contributed by atoms with van der Waals surface area (Å²) in [5.74, 6) is -0.971. The SMILES string of the molecule is CC(C)C[C@H](NC(=O)[C@@H](OCc1ccccc1)[C@@H](Cc1ccccc1)NC(=O)OC(C)(C)C)C(=O)OCc1ccccc1. The summed E-state index contributed by atoms with van der Waals surface area (Å²) < 4.78 is 17.4. The molecule has 0 saturated carbocycles. The van der Waals surface area contributed by atoms with Gasteiger partial charge in [-0.15, -0.1) is 0 Å². The molecule has 3 atom stereocenters. The summed E-state index contributed by atoms with van der Waals surface area (Å²) in [5, 5.41) is 5.74. The van der Waals surface area contributed by atoms with E-state index < -0.39 is 41.8 Å². The predicted octanol–water partition coefficient (Wildman–Crippen LogP) is 5.98. The summed E-state index contributed by atoms with van der Waals surface area (Å²) in [6.45, 7) is 9.46. The zero-order chi connectivity index (χ0) is 31.2. The zero-order valence-corrected chi connectivity index (χ0v) is 25.7. The van der Waals surface area contributed by atoms with E-state index in [0.717, 1.165) is 16.7 Å². The Morgan fingerprint density at radius 2 is 1.23 bits per heavy atom. The van der Waals surface area contributed by atoms with E-state index in [1.807, 2.05) is 105 Å². The van der Waals surface area contributed by atoms with Crippen molar-refractivity contribution in [2.24, 2.45) is 5.92 Å². The minimum atomic E-state index is -1.15. The van der Waals surface area contributed by atoms with E-state index in [-0.39, 0.29) is 19.1 Å². The molecule has 0 saturated heterocycles. The molecule has 0 aliphatic carbocycles. The second-order valence-electron chi connectivity index (χ2n) is 11.9. The topological polar surface area (TPSA) is 103 Å². The number of nitrogens with one attached hydrogen (secondary N) is 2. The first kappa shape index (κ1) is 33.3. The fraction of sp³-hybridized carbons (Fsp3) is 0.400. The van der Waals surface area contributed by atoms with Gasteiger partial charge in [0.15, 0.2) is 6.10 Å². The lowest BCUT2D eigenvalue weighted by molar-refractivity contribution is -0.151. The van der Waals surface area contributed by atoms with Crippen molar-refractivity contribution < 1.29 is 28.6 Å². The predicted molar refractivity (Wildman–Crippen MR) is 166 cm³/mol. The van der Waals surface area contributed by atoms with Gasteiger partial charge in [-0.1, -0.05) is 105 Å². The largest absolute Gasteiger partial charge is 0.459 e. The molecule has 0 bridgehead atoms. The monoisotopic (exact) mass is 588 g/mol. The number of carbonyl (C=O) groups excluding carboxylic acids is 3. The van der Waals surface area contributed by atoms with Crippen LogP contribution in [0.15, 0.2) is 91.0 Å². The maximum atomic E-state index is 14.0. The number of esters is 1. The number of alkyl carbamates (subject to hydrolysis) is 1. The number of hydrogen-bond acceptors (Lipinski definition) is 6. The molecule has 8 heteroatoms. The molecule has 0 aromatic heterocycles. The first-order valence-electron chi connectivity index (χ1n) is 14.7. The minimum absolute atomic E-state index is 0.0922. The second-order valence-corrected chi connectivity index (χ2v) is 11.9. The van der Waals surface area contributed by atoms with Crippen molar-refractivity contribution in [2.75, 3.05) is 0 Å². The summed E-state index contributed by atoms with van der Waals surface area (Å²) in [5.41, 5.74) is 1.86. The van der Waals surface area contributed by atoms with Crippen LogP contribution in [0, 0.1) is 5.92 Å². The maximum absolute atomic E-state index is 14.0. The van der Waals surface area contributed by atoms with Gasteiger partial charge in [-0.2, -0.15) is 0 Å². The third-order valence-corrected chi connectivity index (χ3v) is 6.43. The molecule has 2 amide bonds. The molecule has 3 aromatic rings. The van der Waals surface area contributed by atoms with Crippen LogP contribution < -0.4 is 10.6 Å². The molecule has 0 spiro atoms. The normalized spacial score (nSPS) is 13.4. The molecule has 0 radical (unpaired) electrons. The molecule has 230 valence electrons. The molecular formula is C35H44N2O6. The second kappa shape index (κ2) is 16.5. The average Bonchev–Trinajstić information content (AvgIpc) is 2.96. The fourth-order valence-electron chi connectivity index (χ4n) is 4.46. The van der Waals surface area contributed by atoms with Crippen molar-refractivity contribution in [3.8, 4) is 0 Å². The van der Waals surface area contributed by atoms with Gasteiger partial charge in [0.05, 0.1) is 12.6 Å². The van der Waals surface area contributed by atoms with Crippen LogP contribution in [0.5, 0.6) is 0 Å². The van der Waals surface area contributed by atoms with Crippen molar-refractivity contribution in [2.45, 2.75) is 84.5 Å². The highest BCUT2D eigenvalue weighted by Crippen LogP contribution is 2.16. The van der Waals surface area contributed by atoms with Crippen LogP contribution in [0.3, 0.4) is 0 Å². The van der Waals surface area contributed by atoms with E-state index in [1.165, 1.54) is 0 Å². The quantitative estimate of drug-likeness (QED) is 0.225. The first-order chi connectivity index (χ1) is 20.5. The Morgan fingerprint density at radius 1 is 0.721 bits per heavy atom. The average molecular weight is 589 g/mol. The number of rotatable bonds is 14. The van der Waals surface area contributed by atoms with Crippen molar-refractivity contribution >= 4 is 18.0 Å². The van der Waals surface area contributed by atoms with Crippen LogP contribution in [-0.2, 0) is 43.4 Å². The van der Waals surface area contributed by atoms with Gasteiger partial charge in [0.25, 0.3) is 5.91 Å². The Kier molecular flexibility index (Phi) is 12.8. The van der Waals surface area contributed by atoms with Crippen molar-refractivity contribution in [1.29, 1.82) is 0 Å². The summed E-state index contributed by atoms with van der Waals surface area (Å²) in [6.07, 6.45) is -1.16. The molecule has 0 heterocycles. The molecule has 43 heavy (non-hydrogen) atoms. The number of amides is 2. The highest BCUT2D eigenvalue weighted by Gasteiger charge is 2.35. The highest BCUT2D eigenvalue weighted by atomic mass is 16.6. The molecule has 2 N–H and O–H groups in total. The van der Waals surface area contributed by atoms with E-state index in [9.17, 15) is 14.4 Å². The zero-order valence-electron chi connectivity index (χ0n) is 25.7. The number of ether oxygens (including phenoxy) is 3. The van der Waals surface area contributed by atoms with Gasteiger partial charge < -0.3 is 24.8 Å². The lowest BCUT2D eigenvalue weighted by atomic mass is 9.99. The lowest BCUT2D eigenvalue weighted by Gasteiger charge is -2.30. The summed E-state index contributed by atoms with van der Waals surface area (Å²) >= 11 is 0. The third-order valence-electron chi connectivity index (χ3n) is 6.43. The molecule has 3 aromatic carbocycles. The molecule has 0 fully saturated rings. The maximum Gasteiger partial charge on any atom is 0.407 e. The van der Waals surface area contributed by atoms with Gasteiger partial charge in [-0.25, -0.2) is 9.59 Å². The lowest BCUT2D eigenvalue weighted by Crippen LogP contribution is -2.56. The Labute approximate surface area is 255 Å². The fourth-order valence-corrected chi connectivity index (χ4v) is 4.46. The van der Waals surface area contributed by atoms with E-state index in [0.29, 0.717) is 12.8 Å². The van der Waals surface area contributed by atoms with Gasteiger partial charge >= 0.3 is 12.1 Å². The van der Waals surface area contributed by atoms with Gasteiger partial charge in [-0.05, 0) is 56.2 Å². The van der Waals surface area contributed by atoms with E-state index in [1.54, 1.807) is 20.8 Å². The van der Waals surface area contributed by atoms with E-state index >= 15 is 0 Å². The molecular weight excluding hydrogens is 544 g/mol. The van der Waals surface area contributed by atoms with Gasteiger partial charge in [0.1, 0.15) is 18.2 Å². The Hall–Kier alpha value is -4.17. The number of hydrogen-bond donors (Lipinski definition) is 2. The van der Waals surface area contributed by atoms with Crippen LogP contribution in [0.25, 0.3) is 0 Å². The number of carbonyl (C=O) groups is 3. The third kappa shape index (κ3) is 12.3. The van der Waals surface area contributed by atoms with Gasteiger partial charge in [-0.3, -0.25) is 4.79 Å². The molecule has 0 aliphatic rings. The molecule has 0 aliphatic heterocycles. The summed E-state index contributed by atoms with van der Waals surface area (Å²) in [6, 6.07) is 26.6. The Balaban J connectivity index is 1.87. The van der Waals surface area contributed by atoms with E-state index in [4.69, 9.17) is 14.2 Å². The van der Waals surface area contributed by atoms with Crippen molar-refractivity contribution in [3.63, 3.8) is 0 Å². The number of benzene rings is 3. The molecule has 0 unspecified atom stereocenters. The van der Waals surface area contributed by atoms with Gasteiger partial charge in [0, 0.05) is 0 Å². The summed E-state index contributed by atoms with van der Waals surface area (Å²) in [7, 11) is 0. The van der Waals surface area contributed by atoms with Crippen molar-refractivity contribution in [3.05, 3.63) is 108 Å². The van der Waals surface area contributed by atoms with Crippen LogP contribution in [-0.4, -0.2) is 41.8 Å². The summed E-state index contributed by atoms with van der Waals surface area (Å²) in [4.78, 5) is 40.2. The van der Waals surface area contributed by atoms with E-state index in [2.05, 4.69) is 10.6 Å². The highest BCUT2D eigenvalue weighted by molar-refractivity contribution is 5.88. The Morgan fingerprint density at radius 3 is 1.74 bits per heavy atom. The van der Waals surface area contributed by atoms with Gasteiger partial charge in [0.2, 0.25) is 0 Å². The first-order valence-corrected chi connectivity index (χ1v) is 14.7.